The molecule has 0 aliphatic heterocycles. The summed E-state index contributed by atoms with van der Waals surface area (Å²) in [4.78, 5) is 10.5. The minimum atomic E-state index is -0.929. The molecule has 14 heavy (non-hydrogen) atoms. The Balaban J connectivity index is 3.22. The molecule has 0 aromatic heterocycles. The number of aliphatic carboxylic acids is 1. The molecule has 0 spiro atoms. The molecule has 82 valence electrons. The first-order valence-electron chi connectivity index (χ1n) is 5.30. The average Bonchev–Trinajstić information content (AvgIpc) is 2.09. The Kier molecular flexibility index (Phi) is 7.67. The van der Waals surface area contributed by atoms with E-state index >= 15 is 0 Å². The highest BCUT2D eigenvalue weighted by atomic mass is 32.1. The quantitative estimate of drug-likeness (QED) is 0.499. The number of hydrogen-bond donors (Lipinski definition) is 1. The van der Waals surface area contributed by atoms with Gasteiger partial charge in [-0.15, -0.1) is 0 Å². The van der Waals surface area contributed by atoms with Crippen LogP contribution < -0.4 is 0 Å². The van der Waals surface area contributed by atoms with Gasteiger partial charge in [0.2, 0.25) is 0 Å². The highest BCUT2D eigenvalue weighted by Crippen LogP contribution is 2.10. The maximum Gasteiger partial charge on any atom is 0.342 e. The number of carbonyl (C=O) groups is 1. The van der Waals surface area contributed by atoms with Crippen LogP contribution in [0, 0.1) is 5.92 Å². The van der Waals surface area contributed by atoms with Crippen LogP contribution >= 0.6 is 12.2 Å². The molecule has 0 atom stereocenters. The Morgan fingerprint density at radius 2 is 1.79 bits per heavy atom. The Bertz CT molecular complexity index is 188. The van der Waals surface area contributed by atoms with Gasteiger partial charge in [-0.3, -0.25) is 0 Å². The third-order valence-corrected chi connectivity index (χ3v) is 2.55. The Hall–Kier alpha value is -0.440. The van der Waals surface area contributed by atoms with Crippen molar-refractivity contribution in [1.29, 1.82) is 0 Å². The summed E-state index contributed by atoms with van der Waals surface area (Å²) in [7, 11) is 0. The van der Waals surface area contributed by atoms with E-state index in [0.717, 1.165) is 18.8 Å². The van der Waals surface area contributed by atoms with E-state index in [1.54, 1.807) is 0 Å². The lowest BCUT2D eigenvalue weighted by Crippen LogP contribution is -2.09. The summed E-state index contributed by atoms with van der Waals surface area (Å²) in [6, 6.07) is 0. The summed E-state index contributed by atoms with van der Waals surface area (Å²) in [5, 5.41) is 8.52. The van der Waals surface area contributed by atoms with Crippen LogP contribution in [0.4, 0.5) is 0 Å². The topological polar surface area (TPSA) is 37.3 Å². The lowest BCUT2D eigenvalue weighted by atomic mass is 10.0. The molecule has 0 aromatic rings. The summed E-state index contributed by atoms with van der Waals surface area (Å²) in [5.74, 6) is -0.155. The van der Waals surface area contributed by atoms with Crippen molar-refractivity contribution in [2.45, 2.75) is 52.4 Å². The van der Waals surface area contributed by atoms with Crippen LogP contribution in [-0.2, 0) is 4.79 Å². The molecule has 0 unspecified atom stereocenters. The van der Waals surface area contributed by atoms with Crippen LogP contribution in [0.5, 0.6) is 0 Å². The zero-order chi connectivity index (χ0) is 11.0. The molecule has 0 fully saturated rings. The molecule has 0 rings (SSSR count). The van der Waals surface area contributed by atoms with Crippen molar-refractivity contribution in [3.63, 3.8) is 0 Å². The number of carboxylic acid groups (broad SMARTS) is 1. The highest BCUT2D eigenvalue weighted by molar-refractivity contribution is 7.82. The fraction of sp³-hybridized carbons (Fsp3) is 0.818. The molecule has 2 nitrogen and oxygen atoms in total. The van der Waals surface area contributed by atoms with Crippen LogP contribution in [0.3, 0.4) is 0 Å². The molecule has 3 heteroatoms. The van der Waals surface area contributed by atoms with Gasteiger partial charge in [-0.2, -0.15) is 0 Å². The van der Waals surface area contributed by atoms with E-state index in [0.29, 0.717) is 6.42 Å². The molecule has 0 aromatic carbocycles. The third kappa shape index (κ3) is 8.17. The van der Waals surface area contributed by atoms with Gasteiger partial charge in [0.05, 0.1) is 4.86 Å². The van der Waals surface area contributed by atoms with Crippen LogP contribution in [0.2, 0.25) is 0 Å². The standard InChI is InChI=1S/C11H20O2S/c1-9(2)7-5-3-4-6-8-10(14)11(12)13/h9H,3-8H2,1-2H3,(H,12,13). The number of unbranched alkanes of at least 4 members (excludes halogenated alkanes) is 3. The third-order valence-electron chi connectivity index (χ3n) is 2.17. The summed E-state index contributed by atoms with van der Waals surface area (Å²) < 4.78 is 0. The molecular weight excluding hydrogens is 196 g/mol. The fourth-order valence-corrected chi connectivity index (χ4v) is 1.44. The minimum Gasteiger partial charge on any atom is -0.477 e. The van der Waals surface area contributed by atoms with Gasteiger partial charge in [0.15, 0.2) is 0 Å². The molecule has 0 aliphatic carbocycles. The van der Waals surface area contributed by atoms with E-state index in [9.17, 15) is 4.79 Å². The number of rotatable bonds is 8. The predicted molar refractivity (Wildman–Crippen MR) is 62.8 cm³/mol. The first-order valence-corrected chi connectivity index (χ1v) is 5.71. The Morgan fingerprint density at radius 3 is 2.29 bits per heavy atom. The van der Waals surface area contributed by atoms with Gasteiger partial charge in [0.1, 0.15) is 0 Å². The van der Waals surface area contributed by atoms with Gasteiger partial charge in [0, 0.05) is 0 Å². The maximum atomic E-state index is 10.4. The molecule has 1 N–H and O–H groups in total. The summed E-state index contributed by atoms with van der Waals surface area (Å²) >= 11 is 4.70. The van der Waals surface area contributed by atoms with Gasteiger partial charge in [0.25, 0.3) is 0 Å². The van der Waals surface area contributed by atoms with Crippen molar-refractivity contribution in [1.82, 2.24) is 0 Å². The van der Waals surface area contributed by atoms with Crippen molar-refractivity contribution in [2.24, 2.45) is 5.92 Å². The molecule has 0 bridgehead atoms. The molecule has 0 heterocycles. The average molecular weight is 216 g/mol. The van der Waals surface area contributed by atoms with Gasteiger partial charge < -0.3 is 5.11 Å². The number of thiocarbonyl (C=S) groups is 1. The lowest BCUT2D eigenvalue weighted by molar-refractivity contribution is -0.129. The van der Waals surface area contributed by atoms with E-state index in [4.69, 9.17) is 17.3 Å². The van der Waals surface area contributed by atoms with E-state index in [1.165, 1.54) is 19.3 Å². The van der Waals surface area contributed by atoms with Gasteiger partial charge >= 0.3 is 5.97 Å². The van der Waals surface area contributed by atoms with Gasteiger partial charge in [-0.05, 0) is 18.8 Å². The van der Waals surface area contributed by atoms with Crippen molar-refractivity contribution in [2.75, 3.05) is 0 Å². The van der Waals surface area contributed by atoms with Crippen LogP contribution in [0.25, 0.3) is 0 Å². The molecule has 0 saturated carbocycles. The number of hydrogen-bond acceptors (Lipinski definition) is 2. The van der Waals surface area contributed by atoms with E-state index in [-0.39, 0.29) is 4.86 Å². The summed E-state index contributed by atoms with van der Waals surface area (Å²) in [6.07, 6.45) is 6.29. The van der Waals surface area contributed by atoms with Crippen molar-refractivity contribution in [3.8, 4) is 0 Å². The largest absolute Gasteiger partial charge is 0.477 e. The highest BCUT2D eigenvalue weighted by Gasteiger charge is 2.04. The predicted octanol–water partition coefficient (Wildman–Crippen LogP) is 3.44. The number of carboxylic acids is 1. The SMILES string of the molecule is CC(C)CCCCCCC(=S)C(=O)O. The molecule has 0 radical (unpaired) electrons. The second-order valence-electron chi connectivity index (χ2n) is 4.08. The first-order chi connectivity index (χ1) is 6.54. The monoisotopic (exact) mass is 216 g/mol. The van der Waals surface area contributed by atoms with Crippen molar-refractivity contribution >= 4 is 23.1 Å². The smallest absolute Gasteiger partial charge is 0.342 e. The Labute approximate surface area is 91.7 Å². The van der Waals surface area contributed by atoms with Crippen molar-refractivity contribution < 1.29 is 9.90 Å². The van der Waals surface area contributed by atoms with Gasteiger partial charge in [-0.25, -0.2) is 4.79 Å². The molecule has 0 aliphatic rings. The zero-order valence-corrected chi connectivity index (χ0v) is 9.90. The van der Waals surface area contributed by atoms with E-state index in [2.05, 4.69) is 13.8 Å². The zero-order valence-electron chi connectivity index (χ0n) is 9.08. The van der Waals surface area contributed by atoms with Crippen molar-refractivity contribution in [3.05, 3.63) is 0 Å². The Morgan fingerprint density at radius 1 is 1.21 bits per heavy atom. The maximum absolute atomic E-state index is 10.4. The molecule has 0 amide bonds. The fourth-order valence-electron chi connectivity index (χ4n) is 1.30. The van der Waals surface area contributed by atoms with Crippen LogP contribution in [-0.4, -0.2) is 15.9 Å². The van der Waals surface area contributed by atoms with Crippen LogP contribution in [0.15, 0.2) is 0 Å². The minimum absolute atomic E-state index is 0.175. The molecule has 0 saturated heterocycles. The van der Waals surface area contributed by atoms with E-state index < -0.39 is 5.97 Å². The second-order valence-corrected chi connectivity index (χ2v) is 4.57. The second kappa shape index (κ2) is 7.92. The molecular formula is C11H20O2S. The van der Waals surface area contributed by atoms with Gasteiger partial charge in [-0.1, -0.05) is 51.7 Å². The first kappa shape index (κ1) is 13.6. The normalized spacial score (nSPS) is 10.5. The summed E-state index contributed by atoms with van der Waals surface area (Å²) in [5.41, 5.74) is 0. The summed E-state index contributed by atoms with van der Waals surface area (Å²) in [6.45, 7) is 4.44. The van der Waals surface area contributed by atoms with Crippen LogP contribution in [0.1, 0.15) is 52.4 Å². The van der Waals surface area contributed by atoms with E-state index in [1.807, 2.05) is 0 Å². The lowest BCUT2D eigenvalue weighted by Gasteiger charge is -2.03.